The Balaban J connectivity index is -0.000000196. The molecule has 0 atom stereocenters. The number of hydrogen-bond acceptors (Lipinski definition) is 3. The highest BCUT2D eigenvalue weighted by Gasteiger charge is 2.10. The highest BCUT2D eigenvalue weighted by atomic mass is 16.1. The van der Waals surface area contributed by atoms with E-state index in [0.717, 1.165) is 12.6 Å². The lowest BCUT2D eigenvalue weighted by Crippen LogP contribution is -2.23. The Kier molecular flexibility index (Phi) is 31.7. The van der Waals surface area contributed by atoms with Gasteiger partial charge in [0.2, 0.25) is 6.41 Å². The van der Waals surface area contributed by atoms with Gasteiger partial charge in [-0.3, -0.25) is 4.79 Å². The van der Waals surface area contributed by atoms with Gasteiger partial charge in [-0.2, -0.15) is 0 Å². The van der Waals surface area contributed by atoms with Crippen LogP contribution in [0.4, 0.5) is 0 Å². The molecule has 1 saturated carbocycles. The first-order chi connectivity index (χ1) is 8.85. The summed E-state index contributed by atoms with van der Waals surface area (Å²) in [5, 5.41) is 8.65. The van der Waals surface area contributed by atoms with Crippen molar-refractivity contribution < 1.29 is 4.79 Å². The molecule has 1 rings (SSSR count). The Hall–Kier alpha value is -0.610. The second-order valence-corrected chi connectivity index (χ2v) is 3.45. The molecule has 3 N–H and O–H groups in total. The van der Waals surface area contributed by atoms with Gasteiger partial charge in [-0.1, -0.05) is 40.5 Å². The van der Waals surface area contributed by atoms with E-state index in [0.29, 0.717) is 13.0 Å². The SMILES string of the molecule is CC.CC.CNC1CCCC1.CNCCNC=O. The zero-order chi connectivity index (χ0) is 14.6. The molecule has 0 spiro atoms. The molecule has 112 valence electrons. The molecule has 0 aromatic carbocycles. The van der Waals surface area contributed by atoms with Gasteiger partial charge in [-0.25, -0.2) is 0 Å². The highest BCUT2D eigenvalue weighted by Crippen LogP contribution is 2.16. The van der Waals surface area contributed by atoms with E-state index in [9.17, 15) is 4.79 Å². The number of amides is 1. The van der Waals surface area contributed by atoms with Crippen molar-refractivity contribution in [2.45, 2.75) is 59.4 Å². The summed E-state index contributed by atoms with van der Waals surface area (Å²) in [5.41, 5.74) is 0. The molecule has 0 unspecified atom stereocenters. The summed E-state index contributed by atoms with van der Waals surface area (Å²) in [7, 11) is 3.89. The predicted octanol–water partition coefficient (Wildman–Crippen LogP) is 2.15. The molecule has 4 nitrogen and oxygen atoms in total. The number of carbonyl (C=O) groups excluding carboxylic acids is 1. The topological polar surface area (TPSA) is 53.2 Å². The zero-order valence-corrected chi connectivity index (χ0v) is 13.3. The predicted molar refractivity (Wildman–Crippen MR) is 82.0 cm³/mol. The van der Waals surface area contributed by atoms with Crippen molar-refractivity contribution >= 4 is 6.41 Å². The first-order valence-corrected chi connectivity index (χ1v) is 7.34. The van der Waals surface area contributed by atoms with Gasteiger partial charge in [0.15, 0.2) is 0 Å². The van der Waals surface area contributed by atoms with Crippen LogP contribution in [-0.2, 0) is 4.79 Å². The second kappa shape index (κ2) is 25.3. The van der Waals surface area contributed by atoms with Crippen LogP contribution in [0.1, 0.15) is 53.4 Å². The van der Waals surface area contributed by atoms with E-state index in [4.69, 9.17) is 0 Å². The van der Waals surface area contributed by atoms with Gasteiger partial charge in [0.25, 0.3) is 0 Å². The molecule has 0 aromatic rings. The van der Waals surface area contributed by atoms with E-state index in [1.54, 1.807) is 0 Å². The van der Waals surface area contributed by atoms with Gasteiger partial charge >= 0.3 is 0 Å². The number of rotatable bonds is 5. The van der Waals surface area contributed by atoms with E-state index in [-0.39, 0.29) is 0 Å². The Morgan fingerprint density at radius 2 is 1.50 bits per heavy atom. The lowest BCUT2D eigenvalue weighted by atomic mass is 10.3. The van der Waals surface area contributed by atoms with Crippen LogP contribution in [0.25, 0.3) is 0 Å². The minimum Gasteiger partial charge on any atom is -0.357 e. The molecule has 0 bridgehead atoms. The minimum atomic E-state index is 0.692. The molecule has 1 aliphatic rings. The van der Waals surface area contributed by atoms with E-state index in [1.165, 1.54) is 25.7 Å². The van der Waals surface area contributed by atoms with Crippen molar-refractivity contribution in [2.24, 2.45) is 0 Å². The van der Waals surface area contributed by atoms with Crippen molar-refractivity contribution in [1.29, 1.82) is 0 Å². The third kappa shape index (κ3) is 20.8. The quantitative estimate of drug-likeness (QED) is 0.525. The Bertz CT molecular complexity index is 126. The fraction of sp³-hybridized carbons (Fsp3) is 0.929. The largest absolute Gasteiger partial charge is 0.357 e. The van der Waals surface area contributed by atoms with Gasteiger partial charge in [-0.15, -0.1) is 0 Å². The first kappa shape index (κ1) is 22.6. The van der Waals surface area contributed by atoms with Crippen LogP contribution in [-0.4, -0.2) is 39.6 Å². The van der Waals surface area contributed by atoms with Crippen molar-refractivity contribution in [2.75, 3.05) is 27.2 Å². The Labute approximate surface area is 114 Å². The molecular formula is C14H35N3O. The normalized spacial score (nSPS) is 13.0. The molecule has 18 heavy (non-hydrogen) atoms. The molecular weight excluding hydrogens is 226 g/mol. The third-order valence-electron chi connectivity index (χ3n) is 2.37. The number of likely N-dealkylation sites (N-methyl/N-ethyl adjacent to an activating group) is 1. The summed E-state index contributed by atoms with van der Waals surface area (Å²) in [4.78, 5) is 9.54. The lowest BCUT2D eigenvalue weighted by molar-refractivity contribution is -0.109. The summed E-state index contributed by atoms with van der Waals surface area (Å²) in [5.74, 6) is 0. The van der Waals surface area contributed by atoms with Crippen LogP contribution in [0.5, 0.6) is 0 Å². The summed E-state index contributed by atoms with van der Waals surface area (Å²) in [6.45, 7) is 9.54. The van der Waals surface area contributed by atoms with Crippen molar-refractivity contribution in [3.8, 4) is 0 Å². The van der Waals surface area contributed by atoms with Gasteiger partial charge in [0.1, 0.15) is 0 Å². The van der Waals surface area contributed by atoms with Crippen molar-refractivity contribution in [3.63, 3.8) is 0 Å². The van der Waals surface area contributed by atoms with Gasteiger partial charge < -0.3 is 16.0 Å². The molecule has 0 aliphatic heterocycles. The standard InChI is InChI=1S/C6H13N.C4H10N2O.2C2H6/c1-7-6-4-2-3-5-6;1-5-2-3-6-4-7;2*1-2/h6-7H,2-5H2,1H3;4-5H,2-3H2,1H3,(H,6,7);2*1-2H3. The average molecular weight is 261 g/mol. The number of hydrogen-bond donors (Lipinski definition) is 3. The zero-order valence-electron chi connectivity index (χ0n) is 13.3. The van der Waals surface area contributed by atoms with Crippen molar-refractivity contribution in [1.82, 2.24) is 16.0 Å². The monoisotopic (exact) mass is 261 g/mol. The first-order valence-electron chi connectivity index (χ1n) is 7.34. The minimum absolute atomic E-state index is 0.692. The fourth-order valence-electron chi connectivity index (χ4n) is 1.47. The maximum absolute atomic E-state index is 9.54. The van der Waals surface area contributed by atoms with E-state index < -0.39 is 0 Å². The van der Waals surface area contributed by atoms with Gasteiger partial charge in [0.05, 0.1) is 0 Å². The van der Waals surface area contributed by atoms with Crippen LogP contribution < -0.4 is 16.0 Å². The Morgan fingerprint density at radius 1 is 1.00 bits per heavy atom. The van der Waals surface area contributed by atoms with Crippen LogP contribution in [0.3, 0.4) is 0 Å². The second-order valence-electron chi connectivity index (χ2n) is 3.45. The Morgan fingerprint density at radius 3 is 1.78 bits per heavy atom. The third-order valence-corrected chi connectivity index (χ3v) is 2.37. The molecule has 1 fully saturated rings. The fourth-order valence-corrected chi connectivity index (χ4v) is 1.47. The summed E-state index contributed by atoms with van der Waals surface area (Å²) < 4.78 is 0. The molecule has 1 amide bonds. The molecule has 0 heterocycles. The van der Waals surface area contributed by atoms with Crippen LogP contribution in [0.15, 0.2) is 0 Å². The number of nitrogens with one attached hydrogen (secondary N) is 3. The molecule has 0 saturated heterocycles. The van der Waals surface area contributed by atoms with E-state index >= 15 is 0 Å². The summed E-state index contributed by atoms with van der Waals surface area (Å²) >= 11 is 0. The van der Waals surface area contributed by atoms with Crippen LogP contribution >= 0.6 is 0 Å². The maximum Gasteiger partial charge on any atom is 0.207 e. The molecule has 0 aromatic heterocycles. The number of carbonyl (C=O) groups is 1. The molecule has 0 radical (unpaired) electrons. The van der Waals surface area contributed by atoms with E-state index in [1.807, 2.05) is 34.7 Å². The van der Waals surface area contributed by atoms with Crippen LogP contribution in [0.2, 0.25) is 0 Å². The summed E-state index contributed by atoms with van der Waals surface area (Å²) in [6, 6.07) is 0.847. The lowest BCUT2D eigenvalue weighted by Gasteiger charge is -2.03. The highest BCUT2D eigenvalue weighted by molar-refractivity contribution is 5.45. The van der Waals surface area contributed by atoms with Gasteiger partial charge in [-0.05, 0) is 26.9 Å². The summed E-state index contributed by atoms with van der Waals surface area (Å²) in [6.07, 6.45) is 6.36. The maximum atomic E-state index is 9.54. The van der Waals surface area contributed by atoms with Gasteiger partial charge in [0, 0.05) is 19.1 Å². The van der Waals surface area contributed by atoms with E-state index in [2.05, 4.69) is 23.0 Å². The smallest absolute Gasteiger partial charge is 0.207 e. The van der Waals surface area contributed by atoms with Crippen LogP contribution in [0, 0.1) is 0 Å². The molecule has 1 aliphatic carbocycles. The molecule has 4 heteroatoms. The average Bonchev–Trinajstić information content (AvgIpc) is 2.98. The van der Waals surface area contributed by atoms with Crippen molar-refractivity contribution in [3.05, 3.63) is 0 Å².